The number of benzene rings is 1. The first-order valence-corrected chi connectivity index (χ1v) is 6.65. The molecule has 1 aromatic carbocycles. The van der Waals surface area contributed by atoms with Gasteiger partial charge in [-0.15, -0.1) is 0 Å². The minimum Gasteiger partial charge on any atom is -0.336 e. The lowest BCUT2D eigenvalue weighted by atomic mass is 10.0. The largest absolute Gasteiger partial charge is 0.336 e. The van der Waals surface area contributed by atoms with Gasteiger partial charge in [0.15, 0.2) is 0 Å². The van der Waals surface area contributed by atoms with Crippen molar-refractivity contribution in [2.45, 2.75) is 32.2 Å². The summed E-state index contributed by atoms with van der Waals surface area (Å²) in [5, 5.41) is 0. The third-order valence-electron chi connectivity index (χ3n) is 3.22. The normalized spacial score (nSPS) is 20.4. The number of carbonyl (C=O) groups excluding carboxylic acids is 1. The zero-order valence-electron chi connectivity index (χ0n) is 9.75. The molecule has 1 fully saturated rings. The van der Waals surface area contributed by atoms with Gasteiger partial charge in [0.2, 0.25) is 0 Å². The van der Waals surface area contributed by atoms with Gasteiger partial charge in [0, 0.05) is 17.1 Å². The quantitative estimate of drug-likeness (QED) is 0.776. The van der Waals surface area contributed by atoms with Crippen LogP contribution in [-0.4, -0.2) is 23.4 Å². The third kappa shape index (κ3) is 2.68. The van der Waals surface area contributed by atoms with Crippen LogP contribution in [0.15, 0.2) is 22.7 Å². The summed E-state index contributed by atoms with van der Waals surface area (Å²) in [6.45, 7) is 2.75. The molecule has 0 bridgehead atoms. The molecule has 0 N–H and O–H groups in total. The Morgan fingerprint density at radius 3 is 2.94 bits per heavy atom. The number of likely N-dealkylation sites (tertiary alicyclic amines) is 1. The lowest BCUT2D eigenvalue weighted by Crippen LogP contribution is -2.42. The first-order chi connectivity index (χ1) is 8.09. The Labute approximate surface area is 109 Å². The molecule has 1 unspecified atom stereocenters. The number of nitrogens with zero attached hydrogens (tertiary/aromatic N) is 1. The van der Waals surface area contributed by atoms with Crippen LogP contribution in [0.4, 0.5) is 4.39 Å². The maximum absolute atomic E-state index is 13.6. The number of rotatable bonds is 1. The molecule has 1 aromatic rings. The van der Waals surface area contributed by atoms with E-state index in [4.69, 9.17) is 0 Å². The first kappa shape index (κ1) is 12.6. The van der Waals surface area contributed by atoms with Crippen molar-refractivity contribution in [1.82, 2.24) is 4.90 Å². The minimum absolute atomic E-state index is 0.160. The summed E-state index contributed by atoms with van der Waals surface area (Å²) in [7, 11) is 0. The molecule has 1 aliphatic rings. The van der Waals surface area contributed by atoms with Crippen LogP contribution < -0.4 is 0 Å². The van der Waals surface area contributed by atoms with E-state index in [0.29, 0.717) is 0 Å². The molecule has 1 atom stereocenters. The van der Waals surface area contributed by atoms with Crippen LogP contribution in [0.2, 0.25) is 0 Å². The first-order valence-electron chi connectivity index (χ1n) is 5.85. The van der Waals surface area contributed by atoms with Crippen LogP contribution in [0.25, 0.3) is 0 Å². The van der Waals surface area contributed by atoms with Gasteiger partial charge < -0.3 is 4.90 Å². The van der Waals surface area contributed by atoms with Crippen molar-refractivity contribution in [3.63, 3.8) is 0 Å². The summed E-state index contributed by atoms with van der Waals surface area (Å²) >= 11 is 3.27. The zero-order valence-corrected chi connectivity index (χ0v) is 11.3. The van der Waals surface area contributed by atoms with E-state index >= 15 is 0 Å². The molecular formula is C13H15BrFNO. The van der Waals surface area contributed by atoms with Gasteiger partial charge in [-0.1, -0.05) is 15.9 Å². The number of halogens is 2. The van der Waals surface area contributed by atoms with E-state index < -0.39 is 5.82 Å². The number of piperidine rings is 1. The summed E-state index contributed by atoms with van der Waals surface area (Å²) in [6, 6.07) is 4.69. The van der Waals surface area contributed by atoms with Crippen molar-refractivity contribution in [2.75, 3.05) is 6.54 Å². The number of amides is 1. The Kier molecular flexibility index (Phi) is 3.82. The van der Waals surface area contributed by atoms with Crippen LogP contribution >= 0.6 is 15.9 Å². The van der Waals surface area contributed by atoms with Gasteiger partial charge in [-0.05, 0) is 44.4 Å². The lowest BCUT2D eigenvalue weighted by Gasteiger charge is -2.33. The highest BCUT2D eigenvalue weighted by Crippen LogP contribution is 2.22. The van der Waals surface area contributed by atoms with Gasteiger partial charge >= 0.3 is 0 Å². The van der Waals surface area contributed by atoms with Crippen molar-refractivity contribution >= 4 is 21.8 Å². The summed E-state index contributed by atoms with van der Waals surface area (Å²) < 4.78 is 14.4. The molecule has 1 amide bonds. The molecule has 0 spiro atoms. The van der Waals surface area contributed by atoms with Gasteiger partial charge in [-0.2, -0.15) is 0 Å². The SMILES string of the molecule is CC1CCCCN1C(=O)c1cc(Br)ccc1F. The van der Waals surface area contributed by atoms with E-state index in [0.717, 1.165) is 30.3 Å². The van der Waals surface area contributed by atoms with Crippen LogP contribution in [0.3, 0.4) is 0 Å². The molecule has 0 radical (unpaired) electrons. The van der Waals surface area contributed by atoms with Crippen LogP contribution in [-0.2, 0) is 0 Å². The van der Waals surface area contributed by atoms with E-state index in [2.05, 4.69) is 15.9 Å². The Morgan fingerprint density at radius 2 is 2.24 bits per heavy atom. The van der Waals surface area contributed by atoms with Crippen LogP contribution in [0.5, 0.6) is 0 Å². The van der Waals surface area contributed by atoms with Crippen molar-refractivity contribution in [3.8, 4) is 0 Å². The molecular weight excluding hydrogens is 285 g/mol. The summed E-state index contributed by atoms with van der Waals surface area (Å²) in [6.07, 6.45) is 3.15. The Morgan fingerprint density at radius 1 is 1.47 bits per heavy atom. The van der Waals surface area contributed by atoms with Gasteiger partial charge in [-0.25, -0.2) is 4.39 Å². The van der Waals surface area contributed by atoms with E-state index in [1.807, 2.05) is 6.92 Å². The third-order valence-corrected chi connectivity index (χ3v) is 3.72. The van der Waals surface area contributed by atoms with Crippen molar-refractivity contribution < 1.29 is 9.18 Å². The molecule has 0 aliphatic carbocycles. The van der Waals surface area contributed by atoms with Crippen LogP contribution in [0.1, 0.15) is 36.5 Å². The van der Waals surface area contributed by atoms with Gasteiger partial charge in [-0.3, -0.25) is 4.79 Å². The Bertz CT molecular complexity index is 435. The molecule has 4 heteroatoms. The molecule has 0 aromatic heterocycles. The Hall–Kier alpha value is -0.900. The maximum atomic E-state index is 13.6. The van der Waals surface area contributed by atoms with E-state index in [9.17, 15) is 9.18 Å². The number of carbonyl (C=O) groups is 1. The molecule has 17 heavy (non-hydrogen) atoms. The monoisotopic (exact) mass is 299 g/mol. The van der Waals surface area contributed by atoms with Crippen LogP contribution in [0, 0.1) is 5.82 Å². The minimum atomic E-state index is -0.448. The predicted molar refractivity (Wildman–Crippen MR) is 68.4 cm³/mol. The molecule has 2 rings (SSSR count). The molecule has 2 nitrogen and oxygen atoms in total. The van der Waals surface area contributed by atoms with Gasteiger partial charge in [0.25, 0.3) is 5.91 Å². The number of hydrogen-bond acceptors (Lipinski definition) is 1. The zero-order chi connectivity index (χ0) is 12.4. The predicted octanol–water partition coefficient (Wildman–Crippen LogP) is 3.60. The average molecular weight is 300 g/mol. The highest BCUT2D eigenvalue weighted by Gasteiger charge is 2.26. The second-order valence-corrected chi connectivity index (χ2v) is 5.38. The Balaban J connectivity index is 2.26. The second kappa shape index (κ2) is 5.17. The molecule has 1 saturated heterocycles. The maximum Gasteiger partial charge on any atom is 0.257 e. The summed E-state index contributed by atoms with van der Waals surface area (Å²) in [5.41, 5.74) is 0.160. The van der Waals surface area contributed by atoms with E-state index in [1.165, 1.54) is 6.07 Å². The van der Waals surface area contributed by atoms with Crippen molar-refractivity contribution in [1.29, 1.82) is 0 Å². The molecule has 1 aliphatic heterocycles. The average Bonchev–Trinajstić information content (AvgIpc) is 2.32. The van der Waals surface area contributed by atoms with Gasteiger partial charge in [0.1, 0.15) is 5.82 Å². The fourth-order valence-electron chi connectivity index (χ4n) is 2.22. The van der Waals surface area contributed by atoms with E-state index in [1.54, 1.807) is 17.0 Å². The molecule has 92 valence electrons. The number of hydrogen-bond donors (Lipinski definition) is 0. The van der Waals surface area contributed by atoms with Crippen molar-refractivity contribution in [3.05, 3.63) is 34.1 Å². The highest BCUT2D eigenvalue weighted by molar-refractivity contribution is 9.10. The fourth-order valence-corrected chi connectivity index (χ4v) is 2.58. The summed E-state index contributed by atoms with van der Waals surface area (Å²) in [4.78, 5) is 14.0. The highest BCUT2D eigenvalue weighted by atomic mass is 79.9. The lowest BCUT2D eigenvalue weighted by molar-refractivity contribution is 0.0631. The molecule has 0 saturated carbocycles. The smallest absolute Gasteiger partial charge is 0.257 e. The molecule has 1 heterocycles. The van der Waals surface area contributed by atoms with Gasteiger partial charge in [0.05, 0.1) is 5.56 Å². The fraction of sp³-hybridized carbons (Fsp3) is 0.462. The van der Waals surface area contributed by atoms with E-state index in [-0.39, 0.29) is 17.5 Å². The standard InChI is InChI=1S/C13H15BrFNO/c1-9-4-2-3-7-16(9)13(17)11-8-10(14)5-6-12(11)15/h5-6,8-9H,2-4,7H2,1H3. The second-order valence-electron chi connectivity index (χ2n) is 4.47. The van der Waals surface area contributed by atoms with Crippen molar-refractivity contribution in [2.24, 2.45) is 0 Å². The summed E-state index contributed by atoms with van der Waals surface area (Å²) in [5.74, 6) is -0.646. The topological polar surface area (TPSA) is 20.3 Å².